The molecule has 1 aliphatic heterocycles. The number of aryl methyl sites for hydroxylation is 1. The fraction of sp³-hybridized carbons (Fsp3) is 0.267. The highest BCUT2D eigenvalue weighted by Gasteiger charge is 2.65. The number of aromatic nitrogens is 2. The van der Waals surface area contributed by atoms with Gasteiger partial charge in [-0.2, -0.15) is 5.10 Å². The Morgan fingerprint density at radius 3 is 2.60 bits per heavy atom. The third-order valence-electron chi connectivity index (χ3n) is 7.52. The molecule has 0 bridgehead atoms. The molecular weight excluding hydrogens is 432 g/mol. The molecule has 1 saturated carbocycles. The van der Waals surface area contributed by atoms with Gasteiger partial charge in [0, 0.05) is 23.5 Å². The van der Waals surface area contributed by atoms with Crippen molar-refractivity contribution in [3.8, 4) is 0 Å². The lowest BCUT2D eigenvalue weighted by Gasteiger charge is -2.10. The number of carbonyl (C=O) groups is 1. The molecule has 5 heteroatoms. The molecule has 1 aromatic heterocycles. The number of nitrogens with one attached hydrogen (secondary N) is 2. The first-order chi connectivity index (χ1) is 17.0. The van der Waals surface area contributed by atoms with E-state index < -0.39 is 5.41 Å². The number of aromatic amines is 1. The summed E-state index contributed by atoms with van der Waals surface area (Å²) >= 11 is 0. The van der Waals surface area contributed by atoms with Crippen LogP contribution in [-0.2, 0) is 23.2 Å². The standard InChI is InChI=1S/C30H30N4O/c1-4-19-9-14-27-24(15-19)30(29(35)31-27)17-25(30)22-11-12-23-26(32-33-28(23)16-22)13-10-20-5-7-21(8-6-20)18-34(2)3/h5-16,25H,4,17-18H2,1-3H3,(H,31,35)(H,32,33)/b13-10+. The Morgan fingerprint density at radius 2 is 1.83 bits per heavy atom. The third kappa shape index (κ3) is 3.67. The molecule has 35 heavy (non-hydrogen) atoms. The maximum absolute atomic E-state index is 13.0. The van der Waals surface area contributed by atoms with Crippen molar-refractivity contribution in [2.75, 3.05) is 19.4 Å². The molecule has 176 valence electrons. The molecule has 0 saturated heterocycles. The van der Waals surface area contributed by atoms with Crippen LogP contribution in [0.25, 0.3) is 23.1 Å². The van der Waals surface area contributed by atoms with Crippen LogP contribution in [0, 0.1) is 0 Å². The minimum Gasteiger partial charge on any atom is -0.325 e. The average molecular weight is 463 g/mol. The fourth-order valence-electron chi connectivity index (χ4n) is 5.54. The normalized spacial score (nSPS) is 20.8. The molecule has 1 spiro atoms. The number of hydrogen-bond donors (Lipinski definition) is 2. The summed E-state index contributed by atoms with van der Waals surface area (Å²) < 4.78 is 0. The van der Waals surface area contributed by atoms with Gasteiger partial charge in [-0.25, -0.2) is 0 Å². The second-order valence-electron chi connectivity index (χ2n) is 10.1. The fourth-order valence-corrected chi connectivity index (χ4v) is 5.54. The summed E-state index contributed by atoms with van der Waals surface area (Å²) in [5.41, 5.74) is 8.56. The van der Waals surface area contributed by atoms with Crippen molar-refractivity contribution < 1.29 is 4.79 Å². The Balaban J connectivity index is 1.24. The van der Waals surface area contributed by atoms with Gasteiger partial charge in [0.25, 0.3) is 0 Å². The average Bonchev–Trinajstić information content (AvgIpc) is 3.40. The van der Waals surface area contributed by atoms with Gasteiger partial charge in [0.2, 0.25) is 5.91 Å². The molecule has 2 atom stereocenters. The highest BCUT2D eigenvalue weighted by molar-refractivity contribution is 6.10. The van der Waals surface area contributed by atoms with Gasteiger partial charge in [0.1, 0.15) is 0 Å². The molecule has 2 aliphatic rings. The maximum atomic E-state index is 13.0. The van der Waals surface area contributed by atoms with E-state index in [1.54, 1.807) is 0 Å². The van der Waals surface area contributed by atoms with Gasteiger partial charge in [-0.3, -0.25) is 9.89 Å². The number of anilines is 1. The van der Waals surface area contributed by atoms with Gasteiger partial charge < -0.3 is 10.2 Å². The van der Waals surface area contributed by atoms with Gasteiger partial charge in [0.15, 0.2) is 0 Å². The van der Waals surface area contributed by atoms with Crippen molar-refractivity contribution in [3.05, 3.63) is 94.2 Å². The lowest BCUT2D eigenvalue weighted by atomic mass is 9.90. The summed E-state index contributed by atoms with van der Waals surface area (Å²) in [5.74, 6) is 0.332. The lowest BCUT2D eigenvalue weighted by molar-refractivity contribution is -0.118. The molecule has 6 rings (SSSR count). The van der Waals surface area contributed by atoms with E-state index in [0.29, 0.717) is 0 Å². The van der Waals surface area contributed by atoms with Crippen molar-refractivity contribution >= 4 is 34.6 Å². The first-order valence-electron chi connectivity index (χ1n) is 12.3. The Hall–Kier alpha value is -3.70. The topological polar surface area (TPSA) is 61.0 Å². The molecule has 5 nitrogen and oxygen atoms in total. The largest absolute Gasteiger partial charge is 0.325 e. The predicted octanol–water partition coefficient (Wildman–Crippen LogP) is 5.73. The number of benzene rings is 3. The van der Waals surface area contributed by atoms with Crippen LogP contribution in [0.2, 0.25) is 0 Å². The zero-order valence-electron chi connectivity index (χ0n) is 20.4. The van der Waals surface area contributed by atoms with E-state index >= 15 is 0 Å². The molecule has 3 aromatic carbocycles. The number of fused-ring (bicyclic) bond motifs is 3. The summed E-state index contributed by atoms with van der Waals surface area (Å²) in [4.78, 5) is 15.2. The highest BCUT2D eigenvalue weighted by atomic mass is 16.2. The van der Waals surface area contributed by atoms with E-state index in [-0.39, 0.29) is 11.8 Å². The maximum Gasteiger partial charge on any atom is 0.235 e. The van der Waals surface area contributed by atoms with Crippen LogP contribution in [0.5, 0.6) is 0 Å². The zero-order valence-corrected chi connectivity index (χ0v) is 20.4. The number of H-pyrrole nitrogens is 1. The second kappa shape index (κ2) is 8.21. The Labute approximate surface area is 205 Å². The monoisotopic (exact) mass is 462 g/mol. The Kier molecular flexibility index (Phi) is 5.11. The van der Waals surface area contributed by atoms with E-state index in [1.165, 1.54) is 16.7 Å². The molecule has 0 radical (unpaired) electrons. The third-order valence-corrected chi connectivity index (χ3v) is 7.52. The summed E-state index contributed by atoms with van der Waals surface area (Å²) in [6.45, 7) is 3.09. The van der Waals surface area contributed by atoms with E-state index in [2.05, 4.69) is 114 Å². The molecule has 4 aromatic rings. The SMILES string of the molecule is CCc1ccc2c(c1)C1(CC1c1ccc3c(/C=C/c4ccc(CN(C)C)cc4)n[nH]c3c1)C(=O)N2. The van der Waals surface area contributed by atoms with Gasteiger partial charge in [0.05, 0.1) is 16.6 Å². The molecule has 1 aliphatic carbocycles. The van der Waals surface area contributed by atoms with E-state index in [0.717, 1.165) is 52.8 Å². The zero-order chi connectivity index (χ0) is 24.2. The Morgan fingerprint density at radius 1 is 1.03 bits per heavy atom. The van der Waals surface area contributed by atoms with Crippen molar-refractivity contribution in [2.45, 2.75) is 37.6 Å². The van der Waals surface area contributed by atoms with Crippen LogP contribution in [0.1, 0.15) is 52.8 Å². The second-order valence-corrected chi connectivity index (χ2v) is 10.1. The highest BCUT2D eigenvalue weighted by Crippen LogP contribution is 2.65. The predicted molar refractivity (Wildman–Crippen MR) is 142 cm³/mol. The number of hydrogen-bond acceptors (Lipinski definition) is 3. The van der Waals surface area contributed by atoms with Crippen LogP contribution in [-0.4, -0.2) is 35.1 Å². The molecule has 2 heterocycles. The Bertz CT molecular complexity index is 1460. The first kappa shape index (κ1) is 21.8. The van der Waals surface area contributed by atoms with Crippen LogP contribution in [0.15, 0.2) is 60.7 Å². The van der Waals surface area contributed by atoms with Gasteiger partial charge in [-0.15, -0.1) is 0 Å². The first-order valence-corrected chi connectivity index (χ1v) is 12.3. The van der Waals surface area contributed by atoms with E-state index in [4.69, 9.17) is 0 Å². The van der Waals surface area contributed by atoms with Crippen LogP contribution in [0.4, 0.5) is 5.69 Å². The minimum atomic E-state index is -0.421. The van der Waals surface area contributed by atoms with Crippen molar-refractivity contribution in [3.63, 3.8) is 0 Å². The summed E-state index contributed by atoms with van der Waals surface area (Å²) in [6, 6.07) is 21.5. The molecule has 1 amide bonds. The van der Waals surface area contributed by atoms with Gasteiger partial charge in [-0.1, -0.05) is 61.5 Å². The quantitative estimate of drug-likeness (QED) is 0.384. The molecular formula is C30H30N4O. The molecule has 2 N–H and O–H groups in total. The molecule has 2 unspecified atom stereocenters. The van der Waals surface area contributed by atoms with Gasteiger partial charge >= 0.3 is 0 Å². The van der Waals surface area contributed by atoms with E-state index in [1.807, 2.05) is 0 Å². The lowest BCUT2D eigenvalue weighted by Crippen LogP contribution is -2.21. The van der Waals surface area contributed by atoms with Crippen LogP contribution < -0.4 is 5.32 Å². The number of carbonyl (C=O) groups excluding carboxylic acids is 1. The smallest absolute Gasteiger partial charge is 0.235 e. The van der Waals surface area contributed by atoms with Gasteiger partial charge in [-0.05, 0) is 73.0 Å². The van der Waals surface area contributed by atoms with Crippen LogP contribution in [0.3, 0.4) is 0 Å². The summed E-state index contributed by atoms with van der Waals surface area (Å²) in [5, 5.41) is 12.0. The number of nitrogens with zero attached hydrogens (tertiary/aromatic N) is 2. The van der Waals surface area contributed by atoms with Crippen molar-refractivity contribution in [1.82, 2.24) is 15.1 Å². The number of amides is 1. The summed E-state index contributed by atoms with van der Waals surface area (Å²) in [6.07, 6.45) is 5.99. The van der Waals surface area contributed by atoms with Crippen LogP contribution >= 0.6 is 0 Å². The van der Waals surface area contributed by atoms with E-state index in [9.17, 15) is 4.79 Å². The number of rotatable bonds is 6. The minimum absolute atomic E-state index is 0.135. The van der Waals surface area contributed by atoms with Crippen molar-refractivity contribution in [2.24, 2.45) is 0 Å². The molecule has 1 fully saturated rings. The van der Waals surface area contributed by atoms with Crippen molar-refractivity contribution in [1.29, 1.82) is 0 Å². The summed E-state index contributed by atoms with van der Waals surface area (Å²) in [7, 11) is 4.16.